The summed E-state index contributed by atoms with van der Waals surface area (Å²) in [4.78, 5) is 12.3. The molecule has 0 saturated carbocycles. The Balaban J connectivity index is 2.58. The first-order chi connectivity index (χ1) is 7.49. The summed E-state index contributed by atoms with van der Waals surface area (Å²) in [7, 11) is 1.85. The first kappa shape index (κ1) is 12.8. The van der Waals surface area contributed by atoms with Crippen LogP contribution in [0, 0.1) is 0 Å². The Bertz CT molecular complexity index is 382. The van der Waals surface area contributed by atoms with Crippen molar-refractivity contribution in [3.05, 3.63) is 28.8 Å². The molecule has 5 heteroatoms. The van der Waals surface area contributed by atoms with E-state index in [1.807, 2.05) is 11.9 Å². The molecule has 1 aromatic rings. The zero-order valence-corrected chi connectivity index (χ0v) is 9.87. The van der Waals surface area contributed by atoms with Crippen molar-refractivity contribution in [2.45, 2.75) is 13.0 Å². The fourth-order valence-corrected chi connectivity index (χ4v) is 1.56. The lowest BCUT2D eigenvalue weighted by Gasteiger charge is -2.16. The van der Waals surface area contributed by atoms with Gasteiger partial charge < -0.3 is 15.7 Å². The SMILES string of the molecule is CN(CCC(=O)O)Cc1cc(Cl)ccc1N. The van der Waals surface area contributed by atoms with Gasteiger partial charge in [0.15, 0.2) is 0 Å². The van der Waals surface area contributed by atoms with Crippen LogP contribution in [0.2, 0.25) is 5.02 Å². The molecule has 0 atom stereocenters. The largest absolute Gasteiger partial charge is 0.481 e. The van der Waals surface area contributed by atoms with Gasteiger partial charge in [-0.15, -0.1) is 0 Å². The lowest BCUT2D eigenvalue weighted by molar-refractivity contribution is -0.137. The Morgan fingerprint density at radius 3 is 2.88 bits per heavy atom. The highest BCUT2D eigenvalue weighted by atomic mass is 35.5. The number of hydrogen-bond acceptors (Lipinski definition) is 3. The van der Waals surface area contributed by atoms with Gasteiger partial charge in [-0.05, 0) is 30.8 Å². The van der Waals surface area contributed by atoms with Crippen LogP contribution in [-0.2, 0) is 11.3 Å². The molecule has 3 N–H and O–H groups in total. The lowest BCUT2D eigenvalue weighted by atomic mass is 10.1. The van der Waals surface area contributed by atoms with Gasteiger partial charge in [0.2, 0.25) is 0 Å². The van der Waals surface area contributed by atoms with Crippen LogP contribution < -0.4 is 5.73 Å². The molecule has 1 rings (SSSR count). The van der Waals surface area contributed by atoms with E-state index < -0.39 is 5.97 Å². The maximum absolute atomic E-state index is 10.4. The molecule has 0 spiro atoms. The van der Waals surface area contributed by atoms with Gasteiger partial charge in [-0.2, -0.15) is 0 Å². The Kier molecular flexibility index (Phi) is 4.58. The molecule has 88 valence electrons. The number of hydrogen-bond donors (Lipinski definition) is 2. The van der Waals surface area contributed by atoms with Crippen molar-refractivity contribution in [2.75, 3.05) is 19.3 Å². The average Bonchev–Trinajstić information content (AvgIpc) is 2.20. The van der Waals surface area contributed by atoms with Crippen LogP contribution in [0.1, 0.15) is 12.0 Å². The molecule has 0 aliphatic heterocycles. The monoisotopic (exact) mass is 242 g/mol. The number of aliphatic carboxylic acids is 1. The average molecular weight is 243 g/mol. The zero-order valence-electron chi connectivity index (χ0n) is 9.11. The third kappa shape index (κ3) is 4.08. The fraction of sp³-hybridized carbons (Fsp3) is 0.364. The van der Waals surface area contributed by atoms with Gasteiger partial charge in [0, 0.05) is 23.8 Å². The first-order valence-electron chi connectivity index (χ1n) is 4.93. The number of carbonyl (C=O) groups is 1. The quantitative estimate of drug-likeness (QED) is 0.773. The Labute approximate surface area is 99.6 Å². The van der Waals surface area contributed by atoms with Gasteiger partial charge in [-0.3, -0.25) is 4.79 Å². The van der Waals surface area contributed by atoms with Crippen LogP contribution in [0.3, 0.4) is 0 Å². The van der Waals surface area contributed by atoms with Gasteiger partial charge in [-0.1, -0.05) is 11.6 Å². The molecule has 0 saturated heterocycles. The molecule has 0 bridgehead atoms. The Morgan fingerprint density at radius 2 is 2.25 bits per heavy atom. The number of nitrogen functional groups attached to an aromatic ring is 1. The summed E-state index contributed by atoms with van der Waals surface area (Å²) < 4.78 is 0. The van der Waals surface area contributed by atoms with Crippen LogP contribution >= 0.6 is 11.6 Å². The van der Waals surface area contributed by atoms with E-state index in [2.05, 4.69) is 0 Å². The second-order valence-electron chi connectivity index (χ2n) is 3.72. The van der Waals surface area contributed by atoms with Gasteiger partial charge in [0.1, 0.15) is 0 Å². The summed E-state index contributed by atoms with van der Waals surface area (Å²) >= 11 is 5.86. The van der Waals surface area contributed by atoms with Crippen molar-refractivity contribution in [1.29, 1.82) is 0 Å². The highest BCUT2D eigenvalue weighted by Crippen LogP contribution is 2.19. The molecule has 0 heterocycles. The topological polar surface area (TPSA) is 66.6 Å². The number of benzene rings is 1. The minimum atomic E-state index is -0.800. The van der Waals surface area contributed by atoms with Crippen LogP contribution in [0.15, 0.2) is 18.2 Å². The van der Waals surface area contributed by atoms with E-state index in [4.69, 9.17) is 22.4 Å². The number of halogens is 1. The van der Waals surface area contributed by atoms with Crippen molar-refractivity contribution in [3.63, 3.8) is 0 Å². The molecule has 0 aliphatic carbocycles. The molecular formula is C11H15ClN2O2. The standard InChI is InChI=1S/C11H15ClN2O2/c1-14(5-4-11(15)16)7-8-6-9(12)2-3-10(8)13/h2-3,6H,4-5,7,13H2,1H3,(H,15,16). The Hall–Kier alpha value is -1.26. The van der Waals surface area contributed by atoms with E-state index in [1.165, 1.54) is 0 Å². The van der Waals surface area contributed by atoms with Crippen molar-refractivity contribution < 1.29 is 9.90 Å². The summed E-state index contributed by atoms with van der Waals surface area (Å²) in [5, 5.41) is 9.19. The fourth-order valence-electron chi connectivity index (χ4n) is 1.37. The zero-order chi connectivity index (χ0) is 12.1. The van der Waals surface area contributed by atoms with Crippen LogP contribution in [-0.4, -0.2) is 29.6 Å². The van der Waals surface area contributed by atoms with Gasteiger partial charge in [0.25, 0.3) is 0 Å². The predicted octanol–water partition coefficient (Wildman–Crippen LogP) is 1.83. The van der Waals surface area contributed by atoms with Gasteiger partial charge in [-0.25, -0.2) is 0 Å². The van der Waals surface area contributed by atoms with Crippen molar-refractivity contribution in [1.82, 2.24) is 4.90 Å². The molecule has 0 fully saturated rings. The Morgan fingerprint density at radius 1 is 1.56 bits per heavy atom. The van der Waals surface area contributed by atoms with E-state index in [-0.39, 0.29) is 6.42 Å². The smallest absolute Gasteiger partial charge is 0.304 e. The van der Waals surface area contributed by atoms with E-state index in [0.717, 1.165) is 5.56 Å². The van der Waals surface area contributed by atoms with Gasteiger partial charge in [0.05, 0.1) is 6.42 Å². The van der Waals surface area contributed by atoms with Crippen LogP contribution in [0.4, 0.5) is 5.69 Å². The van der Waals surface area contributed by atoms with E-state index in [9.17, 15) is 4.79 Å². The second-order valence-corrected chi connectivity index (χ2v) is 4.16. The summed E-state index contributed by atoms with van der Waals surface area (Å²) in [5.74, 6) is -0.800. The van der Waals surface area contributed by atoms with E-state index in [1.54, 1.807) is 18.2 Å². The summed E-state index contributed by atoms with van der Waals surface area (Å²) in [6.07, 6.45) is 0.122. The minimum Gasteiger partial charge on any atom is -0.481 e. The highest BCUT2D eigenvalue weighted by molar-refractivity contribution is 6.30. The molecule has 0 radical (unpaired) electrons. The first-order valence-corrected chi connectivity index (χ1v) is 5.31. The number of anilines is 1. The normalized spacial score (nSPS) is 10.7. The highest BCUT2D eigenvalue weighted by Gasteiger charge is 2.06. The van der Waals surface area contributed by atoms with Gasteiger partial charge >= 0.3 is 5.97 Å². The molecule has 4 nitrogen and oxygen atoms in total. The third-order valence-electron chi connectivity index (χ3n) is 2.25. The second kappa shape index (κ2) is 5.72. The van der Waals surface area contributed by atoms with Crippen molar-refractivity contribution >= 4 is 23.3 Å². The molecule has 0 aromatic heterocycles. The number of nitrogens with zero attached hydrogens (tertiary/aromatic N) is 1. The van der Waals surface area contributed by atoms with Crippen LogP contribution in [0.25, 0.3) is 0 Å². The lowest BCUT2D eigenvalue weighted by Crippen LogP contribution is -2.21. The number of rotatable bonds is 5. The van der Waals surface area contributed by atoms with E-state index in [0.29, 0.717) is 23.8 Å². The number of nitrogens with two attached hydrogens (primary N) is 1. The number of carboxylic acid groups (broad SMARTS) is 1. The molecular weight excluding hydrogens is 228 g/mol. The molecule has 0 aliphatic rings. The van der Waals surface area contributed by atoms with Crippen molar-refractivity contribution in [2.24, 2.45) is 0 Å². The molecule has 0 unspecified atom stereocenters. The maximum atomic E-state index is 10.4. The minimum absolute atomic E-state index is 0.122. The predicted molar refractivity (Wildman–Crippen MR) is 64.5 cm³/mol. The summed E-state index contributed by atoms with van der Waals surface area (Å²) in [6.45, 7) is 1.08. The molecule has 0 amide bonds. The molecule has 16 heavy (non-hydrogen) atoms. The van der Waals surface area contributed by atoms with Crippen LogP contribution in [0.5, 0.6) is 0 Å². The molecule has 1 aromatic carbocycles. The summed E-state index contributed by atoms with van der Waals surface area (Å²) in [6, 6.07) is 5.29. The number of carboxylic acids is 1. The third-order valence-corrected chi connectivity index (χ3v) is 2.49. The summed E-state index contributed by atoms with van der Waals surface area (Å²) in [5.41, 5.74) is 7.38. The van der Waals surface area contributed by atoms with E-state index >= 15 is 0 Å². The van der Waals surface area contributed by atoms with Crippen molar-refractivity contribution in [3.8, 4) is 0 Å². The maximum Gasteiger partial charge on any atom is 0.304 e.